The molecule has 0 fully saturated rings. The van der Waals surface area contributed by atoms with E-state index in [0.29, 0.717) is 11.8 Å². The highest BCUT2D eigenvalue weighted by Crippen LogP contribution is 2.22. The lowest BCUT2D eigenvalue weighted by Crippen LogP contribution is -2.43. The molecule has 0 saturated heterocycles. The Morgan fingerprint density at radius 1 is 1.41 bits per heavy atom. The van der Waals surface area contributed by atoms with Crippen molar-refractivity contribution >= 4 is 17.4 Å². The third kappa shape index (κ3) is 3.73. The van der Waals surface area contributed by atoms with Gasteiger partial charge in [-0.05, 0) is 27.7 Å². The van der Waals surface area contributed by atoms with Crippen LogP contribution in [-0.4, -0.2) is 34.5 Å². The van der Waals surface area contributed by atoms with E-state index >= 15 is 0 Å². The molecule has 0 bridgehead atoms. The number of anilines is 1. The highest BCUT2D eigenvalue weighted by molar-refractivity contribution is 6.18. The Labute approximate surface area is 108 Å². The van der Waals surface area contributed by atoms with Crippen molar-refractivity contribution in [1.82, 2.24) is 9.97 Å². The standard InChI is InChI=1S/C12H20ClN3O/c1-9(2)17-11-7-14-6-10(15-11)16(5)12(3,4)8-13/h6-7,9H,8H2,1-5H3. The number of aromatic nitrogens is 2. The second-order valence-corrected chi connectivity index (χ2v) is 5.15. The molecule has 1 aromatic rings. The minimum atomic E-state index is -0.174. The SMILES string of the molecule is CC(C)Oc1cncc(N(C)C(C)(C)CCl)n1. The van der Waals surface area contributed by atoms with Crippen LogP contribution in [0.1, 0.15) is 27.7 Å². The van der Waals surface area contributed by atoms with E-state index in [9.17, 15) is 0 Å². The fraction of sp³-hybridized carbons (Fsp3) is 0.667. The van der Waals surface area contributed by atoms with Gasteiger partial charge < -0.3 is 9.64 Å². The number of rotatable bonds is 5. The van der Waals surface area contributed by atoms with Crippen LogP contribution in [0.5, 0.6) is 5.88 Å². The summed E-state index contributed by atoms with van der Waals surface area (Å²) in [7, 11) is 1.95. The lowest BCUT2D eigenvalue weighted by molar-refractivity contribution is 0.231. The maximum Gasteiger partial charge on any atom is 0.234 e. The van der Waals surface area contributed by atoms with E-state index in [1.54, 1.807) is 12.4 Å². The number of hydrogen-bond acceptors (Lipinski definition) is 4. The van der Waals surface area contributed by atoms with Gasteiger partial charge in [0.1, 0.15) is 0 Å². The fourth-order valence-electron chi connectivity index (χ4n) is 1.20. The predicted octanol–water partition coefficient (Wildman–Crippen LogP) is 2.72. The molecule has 0 N–H and O–H groups in total. The van der Waals surface area contributed by atoms with Gasteiger partial charge in [0.05, 0.1) is 18.5 Å². The van der Waals surface area contributed by atoms with Gasteiger partial charge in [-0.25, -0.2) is 0 Å². The summed E-state index contributed by atoms with van der Waals surface area (Å²) < 4.78 is 5.52. The van der Waals surface area contributed by atoms with Crippen molar-refractivity contribution in [3.05, 3.63) is 12.4 Å². The van der Waals surface area contributed by atoms with Crippen molar-refractivity contribution in [2.75, 3.05) is 17.8 Å². The minimum absolute atomic E-state index is 0.0888. The zero-order chi connectivity index (χ0) is 13.1. The van der Waals surface area contributed by atoms with E-state index in [0.717, 1.165) is 5.82 Å². The Bertz CT molecular complexity index is 369. The van der Waals surface area contributed by atoms with Crippen LogP contribution >= 0.6 is 11.6 Å². The molecule has 17 heavy (non-hydrogen) atoms. The zero-order valence-corrected chi connectivity index (χ0v) is 11.8. The molecule has 1 aromatic heterocycles. The summed E-state index contributed by atoms with van der Waals surface area (Å²) in [5, 5.41) is 0. The number of ether oxygens (including phenoxy) is 1. The Balaban J connectivity index is 2.91. The summed E-state index contributed by atoms with van der Waals surface area (Å²) in [5.74, 6) is 1.81. The third-order valence-electron chi connectivity index (χ3n) is 2.53. The Hall–Kier alpha value is -1.03. The molecule has 96 valence electrons. The molecule has 0 aliphatic heterocycles. The van der Waals surface area contributed by atoms with Gasteiger partial charge in [0.25, 0.3) is 0 Å². The van der Waals surface area contributed by atoms with Gasteiger partial charge in [0.2, 0.25) is 5.88 Å². The lowest BCUT2D eigenvalue weighted by atomic mass is 10.1. The summed E-state index contributed by atoms with van der Waals surface area (Å²) in [5.41, 5.74) is -0.174. The number of hydrogen-bond donors (Lipinski definition) is 0. The molecule has 5 heteroatoms. The largest absolute Gasteiger partial charge is 0.474 e. The second-order valence-electron chi connectivity index (χ2n) is 4.89. The van der Waals surface area contributed by atoms with Gasteiger partial charge in [-0.15, -0.1) is 11.6 Å². The maximum absolute atomic E-state index is 5.94. The molecule has 0 aliphatic rings. The Morgan fingerprint density at radius 3 is 2.59 bits per heavy atom. The molecule has 0 aliphatic carbocycles. The number of halogens is 1. The third-order valence-corrected chi connectivity index (χ3v) is 3.19. The van der Waals surface area contributed by atoms with E-state index in [1.807, 2.05) is 25.8 Å². The topological polar surface area (TPSA) is 38.2 Å². The summed E-state index contributed by atoms with van der Waals surface area (Å²) in [4.78, 5) is 10.5. The van der Waals surface area contributed by atoms with Crippen molar-refractivity contribution in [3.63, 3.8) is 0 Å². The second kappa shape index (κ2) is 5.54. The molecule has 0 radical (unpaired) electrons. The van der Waals surface area contributed by atoms with Crippen molar-refractivity contribution < 1.29 is 4.74 Å². The first-order valence-corrected chi connectivity index (χ1v) is 6.19. The van der Waals surface area contributed by atoms with E-state index in [-0.39, 0.29) is 11.6 Å². The lowest BCUT2D eigenvalue weighted by Gasteiger charge is -2.34. The smallest absolute Gasteiger partial charge is 0.234 e. The van der Waals surface area contributed by atoms with Crippen LogP contribution in [0.4, 0.5) is 5.82 Å². The molecule has 0 spiro atoms. The summed E-state index contributed by atoms with van der Waals surface area (Å²) in [6.07, 6.45) is 3.41. The van der Waals surface area contributed by atoms with Crippen LogP contribution in [0.25, 0.3) is 0 Å². The molecule has 1 heterocycles. The van der Waals surface area contributed by atoms with Gasteiger partial charge >= 0.3 is 0 Å². The van der Waals surface area contributed by atoms with Crippen LogP contribution in [0.3, 0.4) is 0 Å². The normalized spacial score (nSPS) is 11.7. The summed E-state index contributed by atoms with van der Waals surface area (Å²) in [6.45, 7) is 8.02. The minimum Gasteiger partial charge on any atom is -0.474 e. The Morgan fingerprint density at radius 2 is 2.06 bits per heavy atom. The van der Waals surface area contributed by atoms with Crippen LogP contribution < -0.4 is 9.64 Å². The molecule has 0 aromatic carbocycles. The van der Waals surface area contributed by atoms with Gasteiger partial charge in [0.15, 0.2) is 5.82 Å². The van der Waals surface area contributed by atoms with E-state index < -0.39 is 0 Å². The van der Waals surface area contributed by atoms with Crippen molar-refractivity contribution in [1.29, 1.82) is 0 Å². The van der Waals surface area contributed by atoms with Crippen LogP contribution in [0, 0.1) is 0 Å². The summed E-state index contributed by atoms with van der Waals surface area (Å²) >= 11 is 5.94. The molecule has 0 atom stereocenters. The first-order valence-electron chi connectivity index (χ1n) is 5.65. The highest BCUT2D eigenvalue weighted by Gasteiger charge is 2.24. The van der Waals surface area contributed by atoms with Crippen LogP contribution in [0.15, 0.2) is 12.4 Å². The maximum atomic E-state index is 5.94. The first kappa shape index (κ1) is 14.0. The van der Waals surface area contributed by atoms with Crippen LogP contribution in [-0.2, 0) is 0 Å². The predicted molar refractivity (Wildman–Crippen MR) is 71.0 cm³/mol. The molecule has 4 nitrogen and oxygen atoms in total. The number of nitrogens with zero attached hydrogens (tertiary/aromatic N) is 3. The van der Waals surface area contributed by atoms with Crippen LogP contribution in [0.2, 0.25) is 0 Å². The van der Waals surface area contributed by atoms with Gasteiger partial charge in [-0.1, -0.05) is 0 Å². The van der Waals surface area contributed by atoms with E-state index in [1.165, 1.54) is 0 Å². The molecular formula is C12H20ClN3O. The van der Waals surface area contributed by atoms with Gasteiger partial charge in [-0.3, -0.25) is 4.98 Å². The van der Waals surface area contributed by atoms with Gasteiger partial charge in [0, 0.05) is 18.5 Å². The van der Waals surface area contributed by atoms with Crippen molar-refractivity contribution in [2.45, 2.75) is 39.3 Å². The summed E-state index contributed by atoms with van der Waals surface area (Å²) in [6, 6.07) is 0. The van der Waals surface area contributed by atoms with E-state index in [4.69, 9.17) is 16.3 Å². The van der Waals surface area contributed by atoms with E-state index in [2.05, 4.69) is 23.8 Å². The Kier molecular flexibility index (Phi) is 4.57. The van der Waals surface area contributed by atoms with Crippen molar-refractivity contribution in [2.24, 2.45) is 0 Å². The zero-order valence-electron chi connectivity index (χ0n) is 11.1. The average molecular weight is 258 g/mol. The average Bonchev–Trinajstić information content (AvgIpc) is 2.27. The molecule has 0 saturated carbocycles. The highest BCUT2D eigenvalue weighted by atomic mass is 35.5. The quantitative estimate of drug-likeness (QED) is 0.761. The molecule has 0 unspecified atom stereocenters. The number of alkyl halides is 1. The first-order chi connectivity index (χ1) is 7.86. The van der Waals surface area contributed by atoms with Crippen molar-refractivity contribution in [3.8, 4) is 5.88 Å². The molecule has 1 rings (SSSR count). The fourth-order valence-corrected chi connectivity index (χ4v) is 1.38. The molecule has 0 amide bonds. The molecular weight excluding hydrogens is 238 g/mol. The van der Waals surface area contributed by atoms with Gasteiger partial charge in [-0.2, -0.15) is 4.98 Å². The monoisotopic (exact) mass is 257 g/mol.